The molecule has 0 aliphatic heterocycles. The molecule has 25 heavy (non-hydrogen) atoms. The number of thiazole rings is 1. The molecular formula is C17H25ClN4OS2. The maximum Gasteiger partial charge on any atom is 0.191 e. The minimum absolute atomic E-state index is 0.292. The Morgan fingerprint density at radius 3 is 2.76 bits per heavy atom. The molecule has 2 rings (SSSR count). The van der Waals surface area contributed by atoms with Gasteiger partial charge in [-0.1, -0.05) is 25.4 Å². The second-order valence-electron chi connectivity index (χ2n) is 5.89. The molecule has 0 radical (unpaired) electrons. The highest BCUT2D eigenvalue weighted by Gasteiger charge is 2.10. The number of nitrogens with zero attached hydrogens (tertiary/aromatic N) is 2. The van der Waals surface area contributed by atoms with Crippen LogP contribution in [0.5, 0.6) is 0 Å². The predicted octanol–water partition coefficient (Wildman–Crippen LogP) is 3.81. The molecule has 8 heteroatoms. The lowest BCUT2D eigenvalue weighted by Gasteiger charge is -2.12. The largest absolute Gasteiger partial charge is 0.386 e. The van der Waals surface area contributed by atoms with Crippen molar-refractivity contribution in [3.8, 4) is 0 Å². The summed E-state index contributed by atoms with van der Waals surface area (Å²) in [7, 11) is 0. The Labute approximate surface area is 162 Å². The average molecular weight is 401 g/mol. The van der Waals surface area contributed by atoms with Crippen LogP contribution in [0.2, 0.25) is 4.34 Å². The molecule has 0 spiro atoms. The zero-order valence-corrected chi connectivity index (χ0v) is 17.1. The number of hydrogen-bond acceptors (Lipinski definition) is 5. The zero-order chi connectivity index (χ0) is 18.2. The number of nitrogens with one attached hydrogen (secondary N) is 2. The van der Waals surface area contributed by atoms with Gasteiger partial charge in [0, 0.05) is 35.7 Å². The number of thiophene rings is 1. The quantitative estimate of drug-likeness (QED) is 0.465. The number of aliphatic imine (C=N–C) groups is 1. The fourth-order valence-corrected chi connectivity index (χ4v) is 4.04. The van der Waals surface area contributed by atoms with Crippen LogP contribution < -0.4 is 10.6 Å². The molecule has 1 unspecified atom stereocenters. The van der Waals surface area contributed by atoms with Gasteiger partial charge in [-0.15, -0.1) is 22.7 Å². The van der Waals surface area contributed by atoms with Crippen LogP contribution in [-0.4, -0.2) is 35.7 Å². The molecule has 0 saturated heterocycles. The second-order valence-corrected chi connectivity index (χ2v) is 8.52. The number of hydrogen-bond donors (Lipinski definition) is 3. The van der Waals surface area contributed by atoms with Gasteiger partial charge in [-0.2, -0.15) is 0 Å². The standard InChI is InChI=1S/C17H25ClN4OS2/c1-4-19-17(21-9-13(23)14-5-6-15(18)25-14)20-8-7-12-10-24-16(22-12)11(2)3/h5-6,10-11,13,23H,4,7-9H2,1-3H3,(H2,19,20,21). The molecule has 2 aromatic heterocycles. The smallest absolute Gasteiger partial charge is 0.191 e. The van der Waals surface area contributed by atoms with Crippen molar-refractivity contribution >= 4 is 40.2 Å². The molecule has 0 aliphatic rings. The Bertz CT molecular complexity index is 684. The molecule has 0 aromatic carbocycles. The molecule has 2 aromatic rings. The minimum Gasteiger partial charge on any atom is -0.386 e. The van der Waals surface area contributed by atoms with Gasteiger partial charge >= 0.3 is 0 Å². The van der Waals surface area contributed by atoms with E-state index in [2.05, 4.69) is 39.8 Å². The molecule has 0 aliphatic carbocycles. The molecule has 0 saturated carbocycles. The maximum absolute atomic E-state index is 10.2. The molecule has 5 nitrogen and oxygen atoms in total. The van der Waals surface area contributed by atoms with Crippen molar-refractivity contribution in [3.05, 3.63) is 37.4 Å². The Hall–Kier alpha value is -1.15. The summed E-state index contributed by atoms with van der Waals surface area (Å²) < 4.78 is 0.673. The molecular weight excluding hydrogens is 376 g/mol. The van der Waals surface area contributed by atoms with Gasteiger partial charge in [-0.25, -0.2) is 4.98 Å². The fourth-order valence-electron chi connectivity index (χ4n) is 2.13. The summed E-state index contributed by atoms with van der Waals surface area (Å²) >= 11 is 9.00. The first kappa shape index (κ1) is 20.2. The van der Waals surface area contributed by atoms with Crippen LogP contribution in [0.4, 0.5) is 0 Å². The third-order valence-corrected chi connectivity index (χ3v) is 5.95. The Morgan fingerprint density at radius 1 is 1.36 bits per heavy atom. The Kier molecular flexibility index (Phi) is 8.15. The van der Waals surface area contributed by atoms with E-state index in [0.29, 0.717) is 22.8 Å². The molecule has 3 N–H and O–H groups in total. The van der Waals surface area contributed by atoms with Crippen LogP contribution in [0.15, 0.2) is 22.5 Å². The predicted molar refractivity (Wildman–Crippen MR) is 108 cm³/mol. The first-order valence-electron chi connectivity index (χ1n) is 8.39. The normalized spacial score (nSPS) is 13.3. The Balaban J connectivity index is 1.84. The topological polar surface area (TPSA) is 69.5 Å². The first-order chi connectivity index (χ1) is 12.0. The lowest BCUT2D eigenvalue weighted by molar-refractivity contribution is 0.191. The summed E-state index contributed by atoms with van der Waals surface area (Å²) in [5.74, 6) is 1.17. The van der Waals surface area contributed by atoms with Crippen molar-refractivity contribution in [1.29, 1.82) is 0 Å². The third-order valence-electron chi connectivity index (χ3n) is 3.43. The fraction of sp³-hybridized carbons (Fsp3) is 0.529. The molecule has 1 atom stereocenters. The second kappa shape index (κ2) is 10.1. The molecule has 0 fully saturated rings. The van der Waals surface area contributed by atoms with E-state index >= 15 is 0 Å². The maximum atomic E-state index is 10.2. The van der Waals surface area contributed by atoms with E-state index in [1.807, 2.05) is 13.0 Å². The summed E-state index contributed by atoms with van der Waals surface area (Å²) in [5.41, 5.74) is 1.10. The molecule has 2 heterocycles. The highest BCUT2D eigenvalue weighted by molar-refractivity contribution is 7.16. The van der Waals surface area contributed by atoms with Gasteiger partial charge in [0.2, 0.25) is 0 Å². The highest BCUT2D eigenvalue weighted by Crippen LogP contribution is 2.26. The number of aliphatic hydroxyl groups excluding tert-OH is 1. The van der Waals surface area contributed by atoms with Crippen molar-refractivity contribution in [1.82, 2.24) is 15.6 Å². The van der Waals surface area contributed by atoms with Crippen LogP contribution >= 0.6 is 34.3 Å². The van der Waals surface area contributed by atoms with Crippen LogP contribution in [0, 0.1) is 0 Å². The van der Waals surface area contributed by atoms with E-state index in [4.69, 9.17) is 11.6 Å². The number of halogens is 1. The zero-order valence-electron chi connectivity index (χ0n) is 14.8. The van der Waals surface area contributed by atoms with Gasteiger partial charge in [0.05, 0.1) is 21.6 Å². The molecule has 0 bridgehead atoms. The lowest BCUT2D eigenvalue weighted by atomic mass is 10.2. The van der Waals surface area contributed by atoms with Crippen molar-refractivity contribution in [2.45, 2.75) is 39.2 Å². The van der Waals surface area contributed by atoms with Crippen molar-refractivity contribution in [2.75, 3.05) is 19.6 Å². The lowest BCUT2D eigenvalue weighted by Crippen LogP contribution is -2.38. The first-order valence-corrected chi connectivity index (χ1v) is 10.5. The van der Waals surface area contributed by atoms with Crippen LogP contribution in [-0.2, 0) is 6.42 Å². The van der Waals surface area contributed by atoms with Gasteiger partial charge in [0.25, 0.3) is 0 Å². The van der Waals surface area contributed by atoms with Gasteiger partial charge in [-0.05, 0) is 19.1 Å². The van der Waals surface area contributed by atoms with Gasteiger partial charge < -0.3 is 15.7 Å². The summed E-state index contributed by atoms with van der Waals surface area (Å²) in [4.78, 5) is 9.92. The summed E-state index contributed by atoms with van der Waals surface area (Å²) in [6.07, 6.45) is 0.205. The minimum atomic E-state index is -0.639. The van der Waals surface area contributed by atoms with Crippen molar-refractivity contribution in [2.24, 2.45) is 4.99 Å². The summed E-state index contributed by atoms with van der Waals surface area (Å²) in [6, 6.07) is 3.62. The van der Waals surface area contributed by atoms with Crippen LogP contribution in [0.1, 0.15) is 48.4 Å². The van der Waals surface area contributed by atoms with Gasteiger partial charge in [0.15, 0.2) is 5.96 Å². The van der Waals surface area contributed by atoms with Crippen LogP contribution in [0.3, 0.4) is 0 Å². The van der Waals surface area contributed by atoms with Crippen molar-refractivity contribution < 1.29 is 5.11 Å². The summed E-state index contributed by atoms with van der Waals surface area (Å²) in [6.45, 7) is 8.13. The van der Waals surface area contributed by atoms with E-state index in [0.717, 1.165) is 30.1 Å². The molecule has 138 valence electrons. The van der Waals surface area contributed by atoms with E-state index in [-0.39, 0.29) is 0 Å². The van der Waals surface area contributed by atoms with E-state index < -0.39 is 6.10 Å². The van der Waals surface area contributed by atoms with E-state index in [1.165, 1.54) is 16.3 Å². The number of rotatable bonds is 8. The number of aromatic nitrogens is 1. The van der Waals surface area contributed by atoms with Crippen molar-refractivity contribution in [3.63, 3.8) is 0 Å². The van der Waals surface area contributed by atoms with Gasteiger partial charge in [0.1, 0.15) is 6.10 Å². The average Bonchev–Trinajstić information content (AvgIpc) is 3.21. The Morgan fingerprint density at radius 2 is 2.16 bits per heavy atom. The van der Waals surface area contributed by atoms with Crippen LogP contribution in [0.25, 0.3) is 0 Å². The van der Waals surface area contributed by atoms with Gasteiger partial charge in [-0.3, -0.25) is 4.99 Å². The molecule has 0 amide bonds. The summed E-state index contributed by atoms with van der Waals surface area (Å²) in [5, 5.41) is 20.0. The number of guanidine groups is 1. The SMILES string of the molecule is CCNC(=NCC(O)c1ccc(Cl)s1)NCCc1csc(C(C)C)n1. The monoisotopic (exact) mass is 400 g/mol. The third kappa shape index (κ3) is 6.58. The van der Waals surface area contributed by atoms with E-state index in [1.54, 1.807) is 17.4 Å². The highest BCUT2D eigenvalue weighted by atomic mass is 35.5. The number of aliphatic hydroxyl groups is 1. The van der Waals surface area contributed by atoms with E-state index in [9.17, 15) is 5.11 Å².